The van der Waals surface area contributed by atoms with E-state index in [1.807, 2.05) is 12.1 Å². The minimum Gasteiger partial charge on any atom is -0.448 e. The smallest absolute Gasteiger partial charge is 0.239 e. The zero-order valence-electron chi connectivity index (χ0n) is 11.6. The molecule has 0 aliphatic carbocycles. The molecule has 0 saturated carbocycles. The van der Waals surface area contributed by atoms with E-state index in [1.165, 1.54) is 17.2 Å². The van der Waals surface area contributed by atoms with Crippen LogP contribution in [0.1, 0.15) is 11.1 Å². The number of nitrogens with two attached hydrogens (primary N) is 1. The number of anilines is 2. The molecule has 2 heterocycles. The summed E-state index contributed by atoms with van der Waals surface area (Å²) < 4.78 is 5.13. The number of hydrogen-bond donors (Lipinski definition) is 1. The van der Waals surface area contributed by atoms with Gasteiger partial charge in [0.1, 0.15) is 23.0 Å². The van der Waals surface area contributed by atoms with Crippen LogP contribution in [-0.2, 0) is 4.79 Å². The van der Waals surface area contributed by atoms with Crippen LogP contribution in [0, 0.1) is 22.7 Å². The Morgan fingerprint density at radius 2 is 2.18 bits per heavy atom. The second-order valence-corrected chi connectivity index (χ2v) is 5.15. The summed E-state index contributed by atoms with van der Waals surface area (Å²) in [6.45, 7) is 0. The quantitative estimate of drug-likeness (QED) is 0.854. The Kier molecular flexibility index (Phi) is 4.66. The van der Waals surface area contributed by atoms with Gasteiger partial charge in [0.25, 0.3) is 0 Å². The highest BCUT2D eigenvalue weighted by Gasteiger charge is 2.16. The van der Waals surface area contributed by atoms with E-state index < -0.39 is 0 Å². The molecule has 0 aliphatic heterocycles. The van der Waals surface area contributed by atoms with Crippen LogP contribution in [0.15, 0.2) is 33.9 Å². The molecular weight excluding hydrogens is 302 g/mol. The molecule has 0 bridgehead atoms. The van der Waals surface area contributed by atoms with Crippen LogP contribution in [0.25, 0.3) is 0 Å². The number of nitrogen functional groups attached to an aromatic ring is 1. The van der Waals surface area contributed by atoms with Crippen molar-refractivity contribution in [3.8, 4) is 12.1 Å². The van der Waals surface area contributed by atoms with Crippen molar-refractivity contribution in [2.45, 2.75) is 5.03 Å². The number of furan rings is 1. The molecule has 0 aliphatic rings. The number of hydrogen-bond acceptors (Lipinski definition) is 7. The van der Waals surface area contributed by atoms with Crippen LogP contribution in [0.5, 0.6) is 0 Å². The van der Waals surface area contributed by atoms with E-state index in [2.05, 4.69) is 4.98 Å². The van der Waals surface area contributed by atoms with Crippen molar-refractivity contribution in [1.82, 2.24) is 4.98 Å². The van der Waals surface area contributed by atoms with E-state index in [-0.39, 0.29) is 28.6 Å². The minimum atomic E-state index is -0.214. The second kappa shape index (κ2) is 6.66. The third kappa shape index (κ3) is 3.19. The second-order valence-electron chi connectivity index (χ2n) is 4.19. The van der Waals surface area contributed by atoms with Crippen LogP contribution in [0.2, 0.25) is 0 Å². The summed E-state index contributed by atoms with van der Waals surface area (Å²) in [6.07, 6.45) is 1.48. The van der Waals surface area contributed by atoms with Gasteiger partial charge in [0.2, 0.25) is 11.8 Å². The number of rotatable bonds is 4. The lowest BCUT2D eigenvalue weighted by Gasteiger charge is -2.13. The van der Waals surface area contributed by atoms with Gasteiger partial charge in [0, 0.05) is 13.1 Å². The SMILES string of the molecule is CN(C(=O)CSc1nc(N)c(C#N)cc1C#N)c1ccco1. The van der Waals surface area contributed by atoms with Crippen molar-refractivity contribution in [1.29, 1.82) is 10.5 Å². The van der Waals surface area contributed by atoms with Gasteiger partial charge >= 0.3 is 0 Å². The molecule has 2 aromatic rings. The fourth-order valence-electron chi connectivity index (χ4n) is 1.60. The van der Waals surface area contributed by atoms with E-state index in [0.717, 1.165) is 11.8 Å². The van der Waals surface area contributed by atoms with Gasteiger partial charge in [0.15, 0.2) is 0 Å². The molecule has 0 saturated heterocycles. The maximum Gasteiger partial charge on any atom is 0.239 e. The molecule has 110 valence electrons. The van der Waals surface area contributed by atoms with Gasteiger partial charge in [-0.05, 0) is 12.1 Å². The number of aromatic nitrogens is 1. The third-order valence-corrected chi connectivity index (χ3v) is 3.78. The summed E-state index contributed by atoms with van der Waals surface area (Å²) in [7, 11) is 1.59. The fourth-order valence-corrected chi connectivity index (χ4v) is 2.48. The van der Waals surface area contributed by atoms with E-state index in [1.54, 1.807) is 19.2 Å². The van der Waals surface area contributed by atoms with E-state index >= 15 is 0 Å². The van der Waals surface area contributed by atoms with Gasteiger partial charge < -0.3 is 10.2 Å². The van der Waals surface area contributed by atoms with Crippen molar-refractivity contribution in [2.24, 2.45) is 0 Å². The van der Waals surface area contributed by atoms with Gasteiger partial charge in [0.05, 0.1) is 23.1 Å². The van der Waals surface area contributed by atoms with Crippen molar-refractivity contribution in [2.75, 3.05) is 23.4 Å². The lowest BCUT2D eigenvalue weighted by molar-refractivity contribution is -0.116. The van der Waals surface area contributed by atoms with Gasteiger partial charge in [-0.1, -0.05) is 11.8 Å². The molecule has 0 atom stereocenters. The molecule has 2 N–H and O–H groups in total. The van der Waals surface area contributed by atoms with Crippen molar-refractivity contribution < 1.29 is 9.21 Å². The number of thioether (sulfide) groups is 1. The maximum atomic E-state index is 12.1. The molecule has 2 aromatic heterocycles. The number of carbonyl (C=O) groups excluding carboxylic acids is 1. The molecule has 0 spiro atoms. The van der Waals surface area contributed by atoms with Crippen LogP contribution < -0.4 is 10.6 Å². The first-order valence-electron chi connectivity index (χ1n) is 6.10. The van der Waals surface area contributed by atoms with Crippen LogP contribution >= 0.6 is 11.8 Å². The van der Waals surface area contributed by atoms with E-state index in [9.17, 15) is 4.79 Å². The lowest BCUT2D eigenvalue weighted by atomic mass is 10.2. The zero-order valence-corrected chi connectivity index (χ0v) is 12.4. The maximum absolute atomic E-state index is 12.1. The number of pyridine rings is 1. The Balaban J connectivity index is 2.12. The monoisotopic (exact) mass is 313 g/mol. The summed E-state index contributed by atoms with van der Waals surface area (Å²) >= 11 is 1.08. The molecule has 7 nitrogen and oxygen atoms in total. The van der Waals surface area contributed by atoms with Crippen LogP contribution in [0.3, 0.4) is 0 Å². The van der Waals surface area contributed by atoms with Gasteiger partial charge in [-0.3, -0.25) is 9.69 Å². The Hall–Kier alpha value is -2.97. The molecule has 0 fully saturated rings. The zero-order chi connectivity index (χ0) is 16.1. The van der Waals surface area contributed by atoms with E-state index in [0.29, 0.717) is 10.9 Å². The van der Waals surface area contributed by atoms with E-state index in [4.69, 9.17) is 20.7 Å². The Bertz CT molecular complexity index is 774. The topological polar surface area (TPSA) is 120 Å². The lowest BCUT2D eigenvalue weighted by Crippen LogP contribution is -2.27. The molecule has 1 amide bonds. The molecule has 0 radical (unpaired) electrons. The summed E-state index contributed by atoms with van der Waals surface area (Å²) in [5, 5.41) is 18.3. The predicted molar refractivity (Wildman–Crippen MR) is 80.9 cm³/mol. The highest BCUT2D eigenvalue weighted by Crippen LogP contribution is 2.24. The first-order chi connectivity index (χ1) is 10.6. The Labute approximate surface area is 130 Å². The highest BCUT2D eigenvalue weighted by molar-refractivity contribution is 8.00. The normalized spacial score (nSPS) is 9.77. The highest BCUT2D eigenvalue weighted by atomic mass is 32.2. The van der Waals surface area contributed by atoms with Crippen molar-refractivity contribution in [3.05, 3.63) is 35.6 Å². The summed E-state index contributed by atoms with van der Waals surface area (Å²) in [5.74, 6) is 0.312. The number of amides is 1. The first kappa shape index (κ1) is 15.4. The molecule has 22 heavy (non-hydrogen) atoms. The number of carbonyl (C=O) groups is 1. The van der Waals surface area contributed by atoms with Gasteiger partial charge in [-0.2, -0.15) is 10.5 Å². The van der Waals surface area contributed by atoms with Gasteiger partial charge in [-0.25, -0.2) is 4.98 Å². The van der Waals surface area contributed by atoms with Crippen LogP contribution in [-0.4, -0.2) is 23.7 Å². The molecule has 0 unspecified atom stereocenters. The average Bonchev–Trinajstić information content (AvgIpc) is 3.06. The van der Waals surface area contributed by atoms with Crippen LogP contribution in [0.4, 0.5) is 11.7 Å². The fraction of sp³-hybridized carbons (Fsp3) is 0.143. The summed E-state index contributed by atoms with van der Waals surface area (Å²) in [4.78, 5) is 17.5. The molecular formula is C14H11N5O2S. The Morgan fingerprint density at radius 3 is 2.77 bits per heavy atom. The van der Waals surface area contributed by atoms with Crippen molar-refractivity contribution >= 4 is 29.4 Å². The minimum absolute atomic E-state index is 0.0378. The summed E-state index contributed by atoms with van der Waals surface area (Å²) in [5.41, 5.74) is 5.98. The average molecular weight is 313 g/mol. The first-order valence-corrected chi connectivity index (χ1v) is 7.09. The van der Waals surface area contributed by atoms with Crippen molar-refractivity contribution in [3.63, 3.8) is 0 Å². The summed E-state index contributed by atoms with van der Waals surface area (Å²) in [6, 6.07) is 8.53. The third-order valence-electron chi connectivity index (χ3n) is 2.80. The molecule has 2 rings (SSSR count). The molecule has 8 heteroatoms. The predicted octanol–water partition coefficient (Wildman–Crippen LogP) is 1.76. The largest absolute Gasteiger partial charge is 0.448 e. The number of nitrogens with zero attached hydrogens (tertiary/aromatic N) is 4. The Morgan fingerprint density at radius 1 is 1.45 bits per heavy atom. The van der Waals surface area contributed by atoms with Gasteiger partial charge in [-0.15, -0.1) is 0 Å². The molecule has 0 aromatic carbocycles. The number of nitriles is 2. The standard InChI is InChI=1S/C14H11N5O2S/c1-19(12-3-2-4-21-12)11(20)8-22-14-10(7-16)5-9(6-15)13(17)18-14/h2-5H,8H2,1H3,(H2,17,18).